The smallest absolute Gasteiger partial charge is 0.224 e. The molecule has 1 amide bonds. The van der Waals surface area contributed by atoms with Crippen molar-refractivity contribution in [2.75, 3.05) is 11.9 Å². The van der Waals surface area contributed by atoms with Crippen molar-refractivity contribution in [3.8, 4) is 0 Å². The quantitative estimate of drug-likeness (QED) is 0.760. The predicted molar refractivity (Wildman–Crippen MR) is 91.2 cm³/mol. The highest BCUT2D eigenvalue weighted by Crippen LogP contribution is 2.32. The molecule has 0 saturated carbocycles. The van der Waals surface area contributed by atoms with Crippen molar-refractivity contribution in [3.05, 3.63) is 22.4 Å². The Balaban J connectivity index is 2.54. The maximum Gasteiger partial charge on any atom is 0.224 e. The molecular weight excluding hydrogens is 330 g/mol. The van der Waals surface area contributed by atoms with Crippen molar-refractivity contribution >= 4 is 27.5 Å². The number of hydrogen-bond donors (Lipinski definition) is 2. The van der Waals surface area contributed by atoms with E-state index in [9.17, 15) is 4.79 Å². The molecular formula is C16H26BrN3O. The third kappa shape index (κ3) is 6.14. The van der Waals surface area contributed by atoms with Crippen LogP contribution in [0, 0.1) is 18.3 Å². The fourth-order valence-electron chi connectivity index (χ4n) is 2.37. The summed E-state index contributed by atoms with van der Waals surface area (Å²) in [7, 11) is 0. The average molecular weight is 356 g/mol. The minimum atomic E-state index is 0.0322. The van der Waals surface area contributed by atoms with Crippen LogP contribution >= 0.6 is 15.9 Å². The molecule has 0 aliphatic carbocycles. The van der Waals surface area contributed by atoms with Crippen LogP contribution in [0.5, 0.6) is 0 Å². The van der Waals surface area contributed by atoms with Gasteiger partial charge >= 0.3 is 0 Å². The zero-order valence-corrected chi connectivity index (χ0v) is 15.0. The highest BCUT2D eigenvalue weighted by Gasteiger charge is 2.24. The van der Waals surface area contributed by atoms with Crippen molar-refractivity contribution in [2.45, 2.75) is 47.0 Å². The maximum atomic E-state index is 12.1. The lowest BCUT2D eigenvalue weighted by Crippen LogP contribution is -2.25. The van der Waals surface area contributed by atoms with E-state index >= 15 is 0 Å². The molecule has 0 aliphatic heterocycles. The van der Waals surface area contributed by atoms with Crippen LogP contribution in [0.1, 0.15) is 45.6 Å². The fraction of sp³-hybridized carbons (Fsp3) is 0.625. The molecule has 3 N–H and O–H groups in total. The molecule has 21 heavy (non-hydrogen) atoms. The number of nitrogens with one attached hydrogen (secondary N) is 1. The summed E-state index contributed by atoms with van der Waals surface area (Å²) < 4.78 is 0.802. The number of nitrogens with two attached hydrogens (primary N) is 1. The van der Waals surface area contributed by atoms with Gasteiger partial charge in [0, 0.05) is 6.42 Å². The molecule has 4 nitrogen and oxygen atoms in total. The third-order valence-corrected chi connectivity index (χ3v) is 4.59. The minimum Gasteiger partial charge on any atom is -0.330 e. The number of pyridine rings is 1. The zero-order chi connectivity index (χ0) is 16.0. The van der Waals surface area contributed by atoms with Crippen LogP contribution in [0.2, 0.25) is 0 Å². The van der Waals surface area contributed by atoms with Crippen LogP contribution in [0.4, 0.5) is 5.69 Å². The van der Waals surface area contributed by atoms with E-state index in [0.717, 1.165) is 28.7 Å². The van der Waals surface area contributed by atoms with Crippen molar-refractivity contribution < 1.29 is 4.79 Å². The second kappa shape index (κ2) is 7.90. The Morgan fingerprint density at radius 2 is 2.10 bits per heavy atom. The highest BCUT2D eigenvalue weighted by molar-refractivity contribution is 9.10. The molecule has 118 valence electrons. The van der Waals surface area contributed by atoms with Crippen molar-refractivity contribution in [3.63, 3.8) is 0 Å². The van der Waals surface area contributed by atoms with Crippen LogP contribution < -0.4 is 11.1 Å². The number of hydrogen-bond acceptors (Lipinski definition) is 3. The summed E-state index contributed by atoms with van der Waals surface area (Å²) in [6.45, 7) is 9.22. The van der Waals surface area contributed by atoms with Gasteiger partial charge < -0.3 is 11.1 Å². The molecule has 0 aromatic carbocycles. The van der Waals surface area contributed by atoms with E-state index in [4.69, 9.17) is 5.73 Å². The Morgan fingerprint density at radius 3 is 2.62 bits per heavy atom. The molecule has 0 spiro atoms. The second-order valence-corrected chi connectivity index (χ2v) is 7.31. The Morgan fingerprint density at radius 1 is 1.43 bits per heavy atom. The van der Waals surface area contributed by atoms with Crippen LogP contribution in [0.3, 0.4) is 0 Å². The summed E-state index contributed by atoms with van der Waals surface area (Å²) in [5.41, 5.74) is 7.60. The van der Waals surface area contributed by atoms with E-state index in [2.05, 4.69) is 47.0 Å². The zero-order valence-electron chi connectivity index (χ0n) is 13.4. The summed E-state index contributed by atoms with van der Waals surface area (Å²) in [4.78, 5) is 16.2. The first-order valence-electron chi connectivity index (χ1n) is 7.36. The van der Waals surface area contributed by atoms with E-state index < -0.39 is 0 Å². The number of nitrogens with zero attached hydrogens (tertiary/aromatic N) is 1. The molecule has 5 heteroatoms. The molecule has 0 fully saturated rings. The largest absolute Gasteiger partial charge is 0.330 e. The topological polar surface area (TPSA) is 68.0 Å². The summed E-state index contributed by atoms with van der Waals surface area (Å²) >= 11 is 3.35. The van der Waals surface area contributed by atoms with E-state index in [0.29, 0.717) is 18.9 Å². The maximum absolute atomic E-state index is 12.1. The molecule has 1 aromatic rings. The Kier molecular flexibility index (Phi) is 6.81. The number of carbonyl (C=O) groups is 1. The lowest BCUT2D eigenvalue weighted by molar-refractivity contribution is -0.116. The summed E-state index contributed by atoms with van der Waals surface area (Å²) in [5, 5.41) is 2.91. The first kappa shape index (κ1) is 18.1. The van der Waals surface area contributed by atoms with Gasteiger partial charge in [0.2, 0.25) is 5.91 Å². The number of aromatic nitrogens is 1. The van der Waals surface area contributed by atoms with Crippen molar-refractivity contribution in [1.29, 1.82) is 0 Å². The van der Waals surface area contributed by atoms with Crippen LogP contribution in [0.15, 0.2) is 16.9 Å². The van der Waals surface area contributed by atoms with Gasteiger partial charge in [-0.2, -0.15) is 0 Å². The monoisotopic (exact) mass is 355 g/mol. The number of halogens is 1. The fourth-order valence-corrected chi connectivity index (χ4v) is 2.58. The summed E-state index contributed by atoms with van der Waals surface area (Å²) in [6, 6.07) is 1.91. The van der Waals surface area contributed by atoms with Crippen molar-refractivity contribution in [1.82, 2.24) is 4.98 Å². The Bertz CT molecular complexity index is 483. The van der Waals surface area contributed by atoms with E-state index in [1.165, 1.54) is 0 Å². The lowest BCUT2D eigenvalue weighted by Gasteiger charge is -2.30. The summed E-state index contributed by atoms with van der Waals surface area (Å²) in [6.07, 6.45) is 3.98. The second-order valence-electron chi connectivity index (χ2n) is 6.56. The average Bonchev–Trinajstić information content (AvgIpc) is 2.37. The van der Waals surface area contributed by atoms with Crippen LogP contribution in [-0.4, -0.2) is 17.4 Å². The Labute approximate surface area is 136 Å². The van der Waals surface area contributed by atoms with E-state index in [1.54, 1.807) is 6.20 Å². The van der Waals surface area contributed by atoms with Gasteiger partial charge in [0.15, 0.2) is 0 Å². The SMILES string of the molecule is Cc1cc(NC(=O)CCC(CCN)C(C)(C)C)cnc1Br. The van der Waals surface area contributed by atoms with Gasteiger partial charge in [-0.25, -0.2) is 4.98 Å². The predicted octanol–water partition coefficient (Wildman–Crippen LogP) is 3.88. The minimum absolute atomic E-state index is 0.0322. The Hall–Kier alpha value is -0.940. The number of amides is 1. The molecule has 1 unspecified atom stereocenters. The molecule has 0 radical (unpaired) electrons. The molecule has 0 bridgehead atoms. The van der Waals surface area contributed by atoms with Gasteiger partial charge in [0.1, 0.15) is 4.60 Å². The molecule has 0 aliphatic rings. The molecule has 1 aromatic heterocycles. The van der Waals surface area contributed by atoms with Crippen LogP contribution in [-0.2, 0) is 4.79 Å². The number of aryl methyl sites for hydroxylation is 1. The van der Waals surface area contributed by atoms with E-state index in [-0.39, 0.29) is 11.3 Å². The number of anilines is 1. The van der Waals surface area contributed by atoms with Crippen LogP contribution in [0.25, 0.3) is 0 Å². The lowest BCUT2D eigenvalue weighted by atomic mass is 9.76. The van der Waals surface area contributed by atoms with Gasteiger partial charge in [0.05, 0.1) is 11.9 Å². The summed E-state index contributed by atoms with van der Waals surface area (Å²) in [5.74, 6) is 0.489. The normalized spacial score (nSPS) is 13.0. The first-order chi connectivity index (χ1) is 9.74. The first-order valence-corrected chi connectivity index (χ1v) is 8.15. The third-order valence-electron chi connectivity index (χ3n) is 3.76. The van der Waals surface area contributed by atoms with Gasteiger partial charge in [0.25, 0.3) is 0 Å². The molecule has 1 heterocycles. The standard InChI is InChI=1S/C16H26BrN3O/c1-11-9-13(10-19-15(11)17)20-14(21)6-5-12(7-8-18)16(2,3)4/h9-10,12H,5-8,18H2,1-4H3,(H,20,21). The van der Waals surface area contributed by atoms with Gasteiger partial charge in [-0.05, 0) is 65.2 Å². The van der Waals surface area contributed by atoms with E-state index in [1.807, 2.05) is 13.0 Å². The van der Waals surface area contributed by atoms with Gasteiger partial charge in [-0.3, -0.25) is 4.79 Å². The van der Waals surface area contributed by atoms with Gasteiger partial charge in [-0.15, -0.1) is 0 Å². The number of rotatable bonds is 6. The van der Waals surface area contributed by atoms with Gasteiger partial charge in [-0.1, -0.05) is 20.8 Å². The number of carbonyl (C=O) groups excluding carboxylic acids is 1. The molecule has 1 rings (SSSR count). The molecule has 0 saturated heterocycles. The molecule has 1 atom stereocenters. The highest BCUT2D eigenvalue weighted by atomic mass is 79.9. The van der Waals surface area contributed by atoms with Crippen molar-refractivity contribution in [2.24, 2.45) is 17.1 Å².